The van der Waals surface area contributed by atoms with Gasteiger partial charge in [0.1, 0.15) is 0 Å². The number of nitrogen functional groups attached to an aromatic ring is 1. The van der Waals surface area contributed by atoms with Crippen LogP contribution in [0.5, 0.6) is 0 Å². The first-order chi connectivity index (χ1) is 8.52. The van der Waals surface area contributed by atoms with E-state index in [2.05, 4.69) is 37.9 Å². The van der Waals surface area contributed by atoms with E-state index in [1.54, 1.807) is 0 Å². The Balaban J connectivity index is 1.93. The summed E-state index contributed by atoms with van der Waals surface area (Å²) in [5, 5.41) is 0. The zero-order chi connectivity index (χ0) is 13.2. The normalized spacial score (nSPS) is 17.4. The Morgan fingerprint density at radius 1 is 1.22 bits per heavy atom. The Morgan fingerprint density at radius 3 is 2.33 bits per heavy atom. The monoisotopic (exact) mass is 246 g/mol. The van der Waals surface area contributed by atoms with E-state index in [0.717, 1.165) is 11.6 Å². The van der Waals surface area contributed by atoms with Crippen LogP contribution < -0.4 is 5.73 Å². The van der Waals surface area contributed by atoms with Crippen LogP contribution in [0.1, 0.15) is 38.7 Å². The Morgan fingerprint density at radius 2 is 1.83 bits per heavy atom. The second-order valence-electron chi connectivity index (χ2n) is 6.32. The van der Waals surface area contributed by atoms with Crippen molar-refractivity contribution < 1.29 is 0 Å². The molecule has 0 bridgehead atoms. The molecule has 0 amide bonds. The van der Waals surface area contributed by atoms with Gasteiger partial charge in [-0.15, -0.1) is 0 Å². The first-order valence-electron chi connectivity index (χ1n) is 7.06. The zero-order valence-corrected chi connectivity index (χ0v) is 11.9. The molecule has 2 nitrogen and oxygen atoms in total. The number of benzene rings is 1. The van der Waals surface area contributed by atoms with Gasteiger partial charge >= 0.3 is 0 Å². The molecule has 100 valence electrons. The molecule has 1 fully saturated rings. The lowest BCUT2D eigenvalue weighted by Crippen LogP contribution is -2.30. The van der Waals surface area contributed by atoms with Gasteiger partial charge in [-0.2, -0.15) is 0 Å². The molecule has 2 N–H and O–H groups in total. The second kappa shape index (κ2) is 5.31. The number of nitrogens with zero attached hydrogens (tertiary/aromatic N) is 1. The molecule has 1 saturated carbocycles. The summed E-state index contributed by atoms with van der Waals surface area (Å²) in [4.78, 5) is 2.49. The van der Waals surface area contributed by atoms with Gasteiger partial charge < -0.3 is 10.6 Å². The highest BCUT2D eigenvalue weighted by Crippen LogP contribution is 2.48. The molecule has 1 aliphatic carbocycles. The van der Waals surface area contributed by atoms with E-state index in [1.807, 2.05) is 12.1 Å². The first kappa shape index (κ1) is 13.4. The van der Waals surface area contributed by atoms with Gasteiger partial charge in [0, 0.05) is 17.6 Å². The van der Waals surface area contributed by atoms with Crippen molar-refractivity contribution in [2.24, 2.45) is 5.92 Å². The molecule has 0 atom stereocenters. The number of likely N-dealkylation sites (N-methyl/N-ethyl adjacent to an activating group) is 1. The average Bonchev–Trinajstić information content (AvgIpc) is 3.08. The molecule has 1 aromatic rings. The number of hydrogen-bond donors (Lipinski definition) is 1. The summed E-state index contributed by atoms with van der Waals surface area (Å²) in [6, 6.07) is 8.48. The summed E-state index contributed by atoms with van der Waals surface area (Å²) in [7, 11) is 2.25. The third kappa shape index (κ3) is 3.26. The van der Waals surface area contributed by atoms with Crippen LogP contribution >= 0.6 is 0 Å². The van der Waals surface area contributed by atoms with Crippen LogP contribution in [-0.4, -0.2) is 25.0 Å². The zero-order valence-electron chi connectivity index (χ0n) is 11.9. The van der Waals surface area contributed by atoms with Crippen molar-refractivity contribution in [2.75, 3.05) is 25.9 Å². The Hall–Kier alpha value is -1.02. The summed E-state index contributed by atoms with van der Waals surface area (Å²) in [5.74, 6) is 0.791. The van der Waals surface area contributed by atoms with Crippen LogP contribution in [0, 0.1) is 5.92 Å². The van der Waals surface area contributed by atoms with Crippen molar-refractivity contribution in [1.82, 2.24) is 4.90 Å². The van der Waals surface area contributed by atoms with Gasteiger partial charge in [-0.3, -0.25) is 0 Å². The van der Waals surface area contributed by atoms with Crippen LogP contribution in [0.3, 0.4) is 0 Å². The molecule has 0 saturated heterocycles. The highest BCUT2D eigenvalue weighted by molar-refractivity contribution is 5.43. The molecule has 18 heavy (non-hydrogen) atoms. The fourth-order valence-corrected chi connectivity index (χ4v) is 2.60. The smallest absolute Gasteiger partial charge is 0.0314 e. The van der Waals surface area contributed by atoms with Gasteiger partial charge in [0.15, 0.2) is 0 Å². The number of anilines is 1. The summed E-state index contributed by atoms with van der Waals surface area (Å²) >= 11 is 0. The largest absolute Gasteiger partial charge is 0.399 e. The van der Waals surface area contributed by atoms with Crippen molar-refractivity contribution in [3.63, 3.8) is 0 Å². The van der Waals surface area contributed by atoms with Gasteiger partial charge in [-0.25, -0.2) is 0 Å². The molecule has 0 aliphatic heterocycles. The van der Waals surface area contributed by atoms with Gasteiger partial charge in [-0.05, 0) is 56.5 Å². The molecule has 0 unspecified atom stereocenters. The van der Waals surface area contributed by atoms with Gasteiger partial charge in [0.25, 0.3) is 0 Å². The maximum absolute atomic E-state index is 5.76. The van der Waals surface area contributed by atoms with E-state index >= 15 is 0 Å². The SMILES string of the molecule is CC(C)CCN(C)CC1(c2ccc(N)cc2)CC1. The van der Waals surface area contributed by atoms with Crippen LogP contribution in [0.4, 0.5) is 5.69 Å². The van der Waals surface area contributed by atoms with E-state index in [0.29, 0.717) is 5.41 Å². The minimum Gasteiger partial charge on any atom is -0.399 e. The van der Waals surface area contributed by atoms with E-state index in [9.17, 15) is 0 Å². The lowest BCUT2D eigenvalue weighted by molar-refractivity contribution is 0.283. The maximum atomic E-state index is 5.76. The molecule has 1 aliphatic rings. The number of rotatable bonds is 6. The van der Waals surface area contributed by atoms with Crippen LogP contribution in [0.2, 0.25) is 0 Å². The van der Waals surface area contributed by atoms with Crippen LogP contribution in [-0.2, 0) is 5.41 Å². The van der Waals surface area contributed by atoms with Crippen LogP contribution in [0.25, 0.3) is 0 Å². The maximum Gasteiger partial charge on any atom is 0.0314 e. The topological polar surface area (TPSA) is 29.3 Å². The number of hydrogen-bond acceptors (Lipinski definition) is 2. The Labute approximate surface area is 111 Å². The third-order valence-electron chi connectivity index (χ3n) is 4.04. The van der Waals surface area contributed by atoms with Gasteiger partial charge in [0.2, 0.25) is 0 Å². The minimum atomic E-state index is 0.416. The standard InChI is InChI=1S/C16H26N2/c1-13(2)8-11-18(3)12-16(9-10-16)14-4-6-15(17)7-5-14/h4-7,13H,8-12,17H2,1-3H3. The van der Waals surface area contributed by atoms with Crippen molar-refractivity contribution in [3.8, 4) is 0 Å². The molecule has 2 rings (SSSR count). The van der Waals surface area contributed by atoms with E-state index in [1.165, 1.54) is 37.9 Å². The lowest BCUT2D eigenvalue weighted by Gasteiger charge is -2.25. The Kier molecular flexibility index (Phi) is 3.96. The van der Waals surface area contributed by atoms with Crippen molar-refractivity contribution in [3.05, 3.63) is 29.8 Å². The predicted molar refractivity (Wildman–Crippen MR) is 78.7 cm³/mol. The molecule has 0 aromatic heterocycles. The molecular weight excluding hydrogens is 220 g/mol. The quantitative estimate of drug-likeness (QED) is 0.781. The molecule has 0 spiro atoms. The molecule has 0 radical (unpaired) electrons. The highest BCUT2D eigenvalue weighted by atomic mass is 15.1. The summed E-state index contributed by atoms with van der Waals surface area (Å²) in [6.45, 7) is 6.97. The molecule has 0 heterocycles. The minimum absolute atomic E-state index is 0.416. The predicted octanol–water partition coefficient (Wildman–Crippen LogP) is 3.28. The third-order valence-corrected chi connectivity index (χ3v) is 4.04. The summed E-state index contributed by atoms with van der Waals surface area (Å²) in [5.41, 5.74) is 8.51. The first-order valence-corrected chi connectivity index (χ1v) is 7.06. The molecular formula is C16H26N2. The molecule has 1 aromatic carbocycles. The van der Waals surface area contributed by atoms with E-state index < -0.39 is 0 Å². The highest BCUT2D eigenvalue weighted by Gasteiger charge is 2.44. The second-order valence-corrected chi connectivity index (χ2v) is 6.32. The van der Waals surface area contributed by atoms with Crippen molar-refractivity contribution in [1.29, 1.82) is 0 Å². The fourth-order valence-electron chi connectivity index (χ4n) is 2.60. The van der Waals surface area contributed by atoms with E-state index in [-0.39, 0.29) is 0 Å². The van der Waals surface area contributed by atoms with Gasteiger partial charge in [-0.1, -0.05) is 26.0 Å². The van der Waals surface area contributed by atoms with Crippen molar-refractivity contribution >= 4 is 5.69 Å². The number of nitrogens with two attached hydrogens (primary N) is 1. The summed E-state index contributed by atoms with van der Waals surface area (Å²) < 4.78 is 0. The average molecular weight is 246 g/mol. The van der Waals surface area contributed by atoms with Crippen molar-refractivity contribution in [2.45, 2.75) is 38.5 Å². The molecule has 2 heteroatoms. The lowest BCUT2D eigenvalue weighted by atomic mass is 9.95. The Bertz CT molecular complexity index is 377. The van der Waals surface area contributed by atoms with Crippen LogP contribution in [0.15, 0.2) is 24.3 Å². The van der Waals surface area contributed by atoms with E-state index in [4.69, 9.17) is 5.73 Å². The van der Waals surface area contributed by atoms with Gasteiger partial charge in [0.05, 0.1) is 0 Å². The summed E-state index contributed by atoms with van der Waals surface area (Å²) in [6.07, 6.45) is 3.93. The fraction of sp³-hybridized carbons (Fsp3) is 0.625.